The van der Waals surface area contributed by atoms with E-state index < -0.39 is 11.2 Å². The van der Waals surface area contributed by atoms with E-state index in [2.05, 4.69) is 4.90 Å². The molecule has 0 saturated carbocycles. The highest BCUT2D eigenvalue weighted by Crippen LogP contribution is 2.47. The normalized spacial score (nSPS) is 26.2. The second kappa shape index (κ2) is 4.41. The van der Waals surface area contributed by atoms with Crippen molar-refractivity contribution in [2.45, 2.75) is 65.2 Å². The lowest BCUT2D eigenvalue weighted by atomic mass is 9.97. The van der Waals surface area contributed by atoms with Crippen molar-refractivity contribution in [2.75, 3.05) is 13.2 Å². The average molecular weight is 298 g/mol. The molecule has 0 aromatic rings. The van der Waals surface area contributed by atoms with Gasteiger partial charge in [-0.2, -0.15) is 5.06 Å². The summed E-state index contributed by atoms with van der Waals surface area (Å²) in [6, 6.07) is 0. The third kappa shape index (κ3) is 2.23. The maximum Gasteiger partial charge on any atom is 0.281 e. The molecule has 2 rings (SSSR count). The monoisotopic (exact) mass is 298 g/mol. The van der Waals surface area contributed by atoms with Crippen LogP contribution in [0, 0.1) is 10.1 Å². The molecule has 0 aliphatic carbocycles. The molecule has 7 nitrogen and oxygen atoms in total. The van der Waals surface area contributed by atoms with Gasteiger partial charge in [-0.3, -0.25) is 15.0 Å². The molecule has 1 saturated heterocycles. The first-order valence-corrected chi connectivity index (χ1v) is 7.21. The number of hydrogen-bond donors (Lipinski definition) is 1. The van der Waals surface area contributed by atoms with E-state index >= 15 is 0 Å². The molecule has 7 heteroatoms. The van der Waals surface area contributed by atoms with Crippen LogP contribution < -0.4 is 0 Å². The van der Waals surface area contributed by atoms with E-state index in [1.807, 2.05) is 53.4 Å². The van der Waals surface area contributed by atoms with Crippen molar-refractivity contribution in [1.82, 2.24) is 14.9 Å². The van der Waals surface area contributed by atoms with Gasteiger partial charge in [-0.15, -0.1) is 0 Å². The van der Waals surface area contributed by atoms with Gasteiger partial charge in [0.2, 0.25) is 0 Å². The fourth-order valence-electron chi connectivity index (χ4n) is 3.33. The fraction of sp³-hybridized carbons (Fsp3) is 0.857. The summed E-state index contributed by atoms with van der Waals surface area (Å²) < 4.78 is 0. The largest absolute Gasteiger partial charge is 0.335 e. The zero-order valence-corrected chi connectivity index (χ0v) is 14.0. The van der Waals surface area contributed by atoms with Crippen LogP contribution in [0.5, 0.6) is 0 Å². The van der Waals surface area contributed by atoms with Gasteiger partial charge in [0.1, 0.15) is 11.4 Å². The zero-order valence-electron chi connectivity index (χ0n) is 14.0. The summed E-state index contributed by atoms with van der Waals surface area (Å²) in [5.41, 5.74) is -0.873. The summed E-state index contributed by atoms with van der Waals surface area (Å²) in [7, 11) is 0. The number of hydrogen-bond acceptors (Lipinski definition) is 6. The van der Waals surface area contributed by atoms with Crippen molar-refractivity contribution in [3.63, 3.8) is 0 Å². The van der Waals surface area contributed by atoms with Gasteiger partial charge >= 0.3 is 0 Å². The zero-order chi connectivity index (χ0) is 16.4. The van der Waals surface area contributed by atoms with Crippen molar-refractivity contribution in [1.29, 1.82) is 0 Å². The van der Waals surface area contributed by atoms with Crippen LogP contribution in [0.25, 0.3) is 0 Å². The van der Waals surface area contributed by atoms with Crippen molar-refractivity contribution in [3.05, 3.63) is 21.5 Å². The van der Waals surface area contributed by atoms with Crippen LogP contribution in [-0.4, -0.2) is 54.9 Å². The first-order valence-electron chi connectivity index (χ1n) is 7.21. The fourth-order valence-corrected chi connectivity index (χ4v) is 3.33. The molecule has 1 fully saturated rings. The Labute approximate surface area is 125 Å². The molecule has 2 aliphatic rings. The van der Waals surface area contributed by atoms with E-state index in [-0.39, 0.29) is 22.7 Å². The van der Waals surface area contributed by atoms with Crippen molar-refractivity contribution in [3.8, 4) is 0 Å². The highest BCUT2D eigenvalue weighted by Gasteiger charge is 2.59. The Bertz CT molecular complexity index is 505. The van der Waals surface area contributed by atoms with Gasteiger partial charge in [0.15, 0.2) is 0 Å². The van der Waals surface area contributed by atoms with E-state index in [1.165, 1.54) is 5.06 Å². The predicted octanol–water partition coefficient (Wildman–Crippen LogP) is 2.07. The average Bonchev–Trinajstić information content (AvgIpc) is 2.46. The predicted molar refractivity (Wildman–Crippen MR) is 79.0 cm³/mol. The number of hydroxylamine groups is 2. The molecular weight excluding hydrogens is 272 g/mol. The van der Waals surface area contributed by atoms with Gasteiger partial charge < -0.3 is 10.1 Å². The molecule has 2 aliphatic heterocycles. The Hall–Kier alpha value is -1.18. The molecule has 0 bridgehead atoms. The molecule has 0 spiro atoms. The maximum absolute atomic E-state index is 11.6. The number of fused-ring (bicyclic) bond motifs is 1. The molecule has 1 N–H and O–H groups in total. The van der Waals surface area contributed by atoms with Gasteiger partial charge in [0.05, 0.1) is 23.7 Å². The van der Waals surface area contributed by atoms with E-state index in [1.54, 1.807) is 0 Å². The summed E-state index contributed by atoms with van der Waals surface area (Å²) >= 11 is 0. The van der Waals surface area contributed by atoms with Crippen LogP contribution in [0.2, 0.25) is 0 Å². The lowest BCUT2D eigenvalue weighted by Gasteiger charge is -2.45. The smallest absolute Gasteiger partial charge is 0.281 e. The Morgan fingerprint density at radius 2 is 1.76 bits per heavy atom. The molecule has 2 heterocycles. The topological polar surface area (TPSA) is 73.1 Å². The van der Waals surface area contributed by atoms with Gasteiger partial charge in [0, 0.05) is 5.54 Å². The van der Waals surface area contributed by atoms with Crippen LogP contribution in [0.4, 0.5) is 0 Å². The minimum Gasteiger partial charge on any atom is -0.335 e. The highest BCUT2D eigenvalue weighted by molar-refractivity contribution is 5.30. The molecule has 0 atom stereocenters. The SMILES string of the molecule is CC(C)(C)N1CC([N+](=O)[O-])=C2N(C1)C(C)(C)N(O)C2(C)C. The van der Waals surface area contributed by atoms with Crippen molar-refractivity contribution < 1.29 is 10.1 Å². The summed E-state index contributed by atoms with van der Waals surface area (Å²) in [4.78, 5) is 15.3. The Balaban J connectivity index is 2.62. The highest BCUT2D eigenvalue weighted by atomic mass is 16.6. The van der Waals surface area contributed by atoms with Gasteiger partial charge in [-0.1, -0.05) is 0 Å². The summed E-state index contributed by atoms with van der Waals surface area (Å²) in [6.45, 7) is 14.4. The van der Waals surface area contributed by atoms with E-state index in [0.29, 0.717) is 12.4 Å². The Morgan fingerprint density at radius 1 is 1.24 bits per heavy atom. The quantitative estimate of drug-likeness (QED) is 0.590. The van der Waals surface area contributed by atoms with Gasteiger partial charge in [0.25, 0.3) is 5.70 Å². The Kier molecular flexibility index (Phi) is 3.40. The minimum atomic E-state index is -0.782. The lowest BCUT2D eigenvalue weighted by molar-refractivity contribution is -0.433. The molecule has 0 unspecified atom stereocenters. The third-order valence-corrected chi connectivity index (χ3v) is 4.65. The number of rotatable bonds is 1. The minimum absolute atomic E-state index is 0.172. The van der Waals surface area contributed by atoms with Crippen molar-refractivity contribution in [2.24, 2.45) is 0 Å². The van der Waals surface area contributed by atoms with Crippen LogP contribution in [0.3, 0.4) is 0 Å². The maximum atomic E-state index is 11.6. The van der Waals surface area contributed by atoms with Gasteiger partial charge in [-0.25, -0.2) is 0 Å². The van der Waals surface area contributed by atoms with E-state index in [9.17, 15) is 15.3 Å². The first-order chi connectivity index (χ1) is 9.31. The molecule has 21 heavy (non-hydrogen) atoms. The van der Waals surface area contributed by atoms with Crippen LogP contribution in [0.1, 0.15) is 48.5 Å². The molecule has 0 radical (unpaired) electrons. The number of nitrogens with zero attached hydrogens (tertiary/aromatic N) is 4. The first kappa shape index (κ1) is 16.2. The summed E-state index contributed by atoms with van der Waals surface area (Å²) in [6.07, 6.45) is 0. The van der Waals surface area contributed by atoms with Gasteiger partial charge in [-0.05, 0) is 48.5 Å². The van der Waals surface area contributed by atoms with Crippen molar-refractivity contribution >= 4 is 0 Å². The molecule has 0 amide bonds. The molecule has 0 aromatic heterocycles. The standard InChI is InChI=1S/C14H26N4O3/c1-12(2,3)15-8-10(17(19)20)11-13(4,5)18(21)14(6,7)16(11)9-15/h21H,8-9H2,1-7H3. The molecular formula is C14H26N4O3. The summed E-state index contributed by atoms with van der Waals surface area (Å²) in [5.74, 6) is 0. The third-order valence-electron chi connectivity index (χ3n) is 4.65. The van der Waals surface area contributed by atoms with Crippen LogP contribution in [0.15, 0.2) is 11.4 Å². The molecule has 0 aromatic carbocycles. The number of nitro groups is 1. The Morgan fingerprint density at radius 3 is 2.19 bits per heavy atom. The summed E-state index contributed by atoms with van der Waals surface area (Å²) in [5, 5.41) is 23.3. The van der Waals surface area contributed by atoms with E-state index in [0.717, 1.165) is 0 Å². The van der Waals surface area contributed by atoms with E-state index in [4.69, 9.17) is 0 Å². The molecule has 120 valence electrons. The second-order valence-corrected chi connectivity index (χ2v) is 7.86. The van der Waals surface area contributed by atoms with Crippen LogP contribution >= 0.6 is 0 Å². The second-order valence-electron chi connectivity index (χ2n) is 7.86. The van der Waals surface area contributed by atoms with Crippen LogP contribution in [-0.2, 0) is 0 Å². The lowest BCUT2D eigenvalue weighted by Crippen LogP contribution is -2.57.